The number of aryl methyl sites for hydroxylation is 3. The lowest BCUT2D eigenvalue weighted by Crippen LogP contribution is -2.22. The molecule has 1 aromatic heterocycles. The maximum Gasteiger partial charge on any atom is 0.417 e. The number of hydrogen-bond donors (Lipinski definition) is 0. The molecule has 124 valence electrons. The van der Waals surface area contributed by atoms with Crippen LogP contribution in [-0.2, 0) is 12.7 Å². The average Bonchev–Trinajstić information content (AvgIpc) is 2.47. The molecule has 0 aliphatic heterocycles. The topological polar surface area (TPSA) is 31.2 Å². The van der Waals surface area contributed by atoms with Gasteiger partial charge >= 0.3 is 6.18 Å². The van der Waals surface area contributed by atoms with Crippen molar-refractivity contribution in [2.45, 2.75) is 33.0 Å². The lowest BCUT2D eigenvalue weighted by molar-refractivity contribution is -0.138. The minimum absolute atomic E-state index is 0.174. The quantitative estimate of drug-likeness (QED) is 0.779. The largest absolute Gasteiger partial charge is 0.494 e. The monoisotopic (exact) mass is 325 g/mol. The molecule has 0 fully saturated rings. The Morgan fingerprint density at radius 1 is 1.09 bits per heavy atom. The van der Waals surface area contributed by atoms with Gasteiger partial charge in [-0.25, -0.2) is 0 Å². The summed E-state index contributed by atoms with van der Waals surface area (Å²) in [5, 5.41) is 0. The van der Waals surface area contributed by atoms with E-state index in [2.05, 4.69) is 0 Å². The van der Waals surface area contributed by atoms with Gasteiger partial charge in [0.15, 0.2) is 0 Å². The Morgan fingerprint density at radius 3 is 2.48 bits per heavy atom. The van der Waals surface area contributed by atoms with Crippen LogP contribution in [0.4, 0.5) is 13.2 Å². The van der Waals surface area contributed by atoms with Crippen LogP contribution in [-0.4, -0.2) is 11.2 Å². The fourth-order valence-corrected chi connectivity index (χ4v) is 2.10. The predicted octanol–water partition coefficient (Wildman–Crippen LogP) is 3.95. The van der Waals surface area contributed by atoms with Gasteiger partial charge in [0.1, 0.15) is 5.75 Å². The second kappa shape index (κ2) is 6.89. The summed E-state index contributed by atoms with van der Waals surface area (Å²) in [7, 11) is 0. The van der Waals surface area contributed by atoms with Gasteiger partial charge in [-0.3, -0.25) is 4.79 Å². The lowest BCUT2D eigenvalue weighted by atomic mass is 10.1. The van der Waals surface area contributed by atoms with Crippen molar-refractivity contribution in [3.05, 3.63) is 63.6 Å². The van der Waals surface area contributed by atoms with Gasteiger partial charge in [0, 0.05) is 18.8 Å². The Labute approximate surface area is 132 Å². The van der Waals surface area contributed by atoms with Crippen molar-refractivity contribution >= 4 is 0 Å². The van der Waals surface area contributed by atoms with Gasteiger partial charge in [-0.05, 0) is 49.6 Å². The molecule has 0 amide bonds. The first-order valence-corrected chi connectivity index (χ1v) is 7.25. The average molecular weight is 325 g/mol. The van der Waals surface area contributed by atoms with E-state index in [0.29, 0.717) is 18.8 Å². The zero-order valence-electron chi connectivity index (χ0n) is 13.0. The summed E-state index contributed by atoms with van der Waals surface area (Å²) < 4.78 is 44.5. The molecule has 6 heteroatoms. The Morgan fingerprint density at radius 2 is 1.83 bits per heavy atom. The molecular formula is C17H18F3NO2. The highest BCUT2D eigenvalue weighted by atomic mass is 19.4. The summed E-state index contributed by atoms with van der Waals surface area (Å²) in [6.07, 6.45) is -3.17. The SMILES string of the molecule is Cc1ccc(OCCCn2cc(C(F)(F)F)ccc2=O)cc1C. The van der Waals surface area contributed by atoms with Crippen molar-refractivity contribution in [2.24, 2.45) is 0 Å². The van der Waals surface area contributed by atoms with Crippen molar-refractivity contribution < 1.29 is 17.9 Å². The van der Waals surface area contributed by atoms with Crippen LogP contribution in [0.2, 0.25) is 0 Å². The van der Waals surface area contributed by atoms with Crippen LogP contribution in [0.25, 0.3) is 0 Å². The summed E-state index contributed by atoms with van der Waals surface area (Å²) in [6, 6.07) is 7.43. The highest BCUT2D eigenvalue weighted by Crippen LogP contribution is 2.28. The number of alkyl halides is 3. The second-order valence-corrected chi connectivity index (χ2v) is 5.40. The van der Waals surface area contributed by atoms with E-state index in [1.54, 1.807) is 0 Å². The number of benzene rings is 1. The van der Waals surface area contributed by atoms with E-state index in [1.165, 1.54) is 0 Å². The van der Waals surface area contributed by atoms with E-state index >= 15 is 0 Å². The predicted molar refractivity (Wildman–Crippen MR) is 81.7 cm³/mol. The highest BCUT2D eigenvalue weighted by Gasteiger charge is 2.30. The van der Waals surface area contributed by atoms with Crippen molar-refractivity contribution in [3.63, 3.8) is 0 Å². The number of rotatable bonds is 5. The van der Waals surface area contributed by atoms with E-state index in [0.717, 1.165) is 34.0 Å². The third kappa shape index (κ3) is 4.61. The molecule has 0 saturated carbocycles. The molecule has 23 heavy (non-hydrogen) atoms. The molecule has 0 atom stereocenters. The first kappa shape index (κ1) is 17.1. The van der Waals surface area contributed by atoms with Gasteiger partial charge < -0.3 is 9.30 Å². The highest BCUT2D eigenvalue weighted by molar-refractivity contribution is 5.33. The third-order valence-corrected chi connectivity index (χ3v) is 3.60. The first-order chi connectivity index (χ1) is 10.8. The number of aromatic nitrogens is 1. The van der Waals surface area contributed by atoms with Crippen LogP contribution in [0.5, 0.6) is 5.75 Å². The molecule has 0 bridgehead atoms. The van der Waals surface area contributed by atoms with Crippen LogP contribution >= 0.6 is 0 Å². The van der Waals surface area contributed by atoms with Crippen molar-refractivity contribution in [2.75, 3.05) is 6.61 Å². The van der Waals surface area contributed by atoms with Crippen LogP contribution in [0.3, 0.4) is 0 Å². The summed E-state index contributed by atoms with van der Waals surface area (Å²) in [4.78, 5) is 11.6. The fourth-order valence-electron chi connectivity index (χ4n) is 2.10. The Bertz CT molecular complexity index is 735. The third-order valence-electron chi connectivity index (χ3n) is 3.60. The van der Waals surface area contributed by atoms with Crippen molar-refractivity contribution in [1.29, 1.82) is 0 Å². The fraction of sp³-hybridized carbons (Fsp3) is 0.353. The van der Waals surface area contributed by atoms with Gasteiger partial charge in [-0.2, -0.15) is 13.2 Å². The first-order valence-electron chi connectivity index (χ1n) is 7.25. The molecule has 0 spiro atoms. The summed E-state index contributed by atoms with van der Waals surface area (Å²) in [5.41, 5.74) is 0.987. The zero-order valence-corrected chi connectivity index (χ0v) is 13.0. The van der Waals surface area contributed by atoms with Crippen molar-refractivity contribution in [1.82, 2.24) is 4.57 Å². The van der Waals surface area contributed by atoms with Crippen molar-refractivity contribution in [3.8, 4) is 5.75 Å². The Kier molecular flexibility index (Phi) is 5.13. The maximum atomic E-state index is 12.6. The number of pyridine rings is 1. The Balaban J connectivity index is 1.93. The molecule has 0 aliphatic carbocycles. The minimum atomic E-state index is -4.45. The molecule has 0 N–H and O–H groups in total. The Hall–Kier alpha value is -2.24. The van der Waals surface area contributed by atoms with Gasteiger partial charge in [0.2, 0.25) is 0 Å². The molecule has 0 unspecified atom stereocenters. The summed E-state index contributed by atoms with van der Waals surface area (Å²) in [5.74, 6) is 0.712. The maximum absolute atomic E-state index is 12.6. The van der Waals surface area contributed by atoms with Gasteiger partial charge in [0.05, 0.1) is 12.2 Å². The molecule has 0 radical (unpaired) electrons. The minimum Gasteiger partial charge on any atom is -0.494 e. The summed E-state index contributed by atoms with van der Waals surface area (Å²) >= 11 is 0. The smallest absolute Gasteiger partial charge is 0.417 e. The molecule has 0 saturated heterocycles. The summed E-state index contributed by atoms with van der Waals surface area (Å²) in [6.45, 7) is 4.47. The molecule has 0 aliphatic rings. The second-order valence-electron chi connectivity index (χ2n) is 5.40. The number of halogens is 3. The van der Waals surface area contributed by atoms with Gasteiger partial charge in [-0.1, -0.05) is 6.07 Å². The van der Waals surface area contributed by atoms with Gasteiger partial charge in [-0.15, -0.1) is 0 Å². The molecule has 1 aromatic carbocycles. The number of nitrogens with zero attached hydrogens (tertiary/aromatic N) is 1. The lowest BCUT2D eigenvalue weighted by Gasteiger charge is -2.11. The van der Waals surface area contributed by atoms with E-state index in [-0.39, 0.29) is 6.54 Å². The van der Waals surface area contributed by atoms with E-state index in [9.17, 15) is 18.0 Å². The standard InChI is InChI=1S/C17H18F3NO2/c1-12-4-6-15(10-13(12)2)23-9-3-8-21-11-14(17(18,19)20)5-7-16(21)22/h4-7,10-11H,3,8-9H2,1-2H3. The van der Waals surface area contributed by atoms with E-state index < -0.39 is 17.3 Å². The normalized spacial score (nSPS) is 11.5. The number of hydrogen-bond acceptors (Lipinski definition) is 2. The van der Waals surface area contributed by atoms with Gasteiger partial charge in [0.25, 0.3) is 5.56 Å². The van der Waals surface area contributed by atoms with E-state index in [1.807, 2.05) is 32.0 Å². The van der Waals surface area contributed by atoms with Crippen LogP contribution in [0, 0.1) is 13.8 Å². The van der Waals surface area contributed by atoms with Crippen LogP contribution in [0.15, 0.2) is 41.3 Å². The zero-order chi connectivity index (χ0) is 17.0. The molecule has 1 heterocycles. The molecule has 2 rings (SSSR count). The number of ether oxygens (including phenoxy) is 1. The van der Waals surface area contributed by atoms with Crippen LogP contribution < -0.4 is 10.3 Å². The van der Waals surface area contributed by atoms with E-state index in [4.69, 9.17) is 4.74 Å². The molecular weight excluding hydrogens is 307 g/mol. The molecule has 3 nitrogen and oxygen atoms in total. The molecule has 2 aromatic rings. The van der Waals surface area contributed by atoms with Crippen LogP contribution in [0.1, 0.15) is 23.1 Å².